The molecule has 1 heterocycles. The molecule has 1 amide bonds. The minimum Gasteiger partial charge on any atom is -0.339 e. The highest BCUT2D eigenvalue weighted by Crippen LogP contribution is 2.38. The lowest BCUT2D eigenvalue weighted by Gasteiger charge is -2.33. The third-order valence-electron chi connectivity index (χ3n) is 4.60. The maximum Gasteiger partial charge on any atom is 0.416 e. The molecule has 1 aromatic carbocycles. The molecule has 25 heavy (non-hydrogen) atoms. The molecule has 0 unspecified atom stereocenters. The summed E-state index contributed by atoms with van der Waals surface area (Å²) >= 11 is 0. The zero-order valence-corrected chi connectivity index (χ0v) is 14.6. The van der Waals surface area contributed by atoms with Crippen molar-refractivity contribution in [3.63, 3.8) is 0 Å². The molecule has 0 radical (unpaired) electrons. The van der Waals surface area contributed by atoms with Gasteiger partial charge in [0.05, 0.1) is 11.3 Å². The summed E-state index contributed by atoms with van der Waals surface area (Å²) in [6, 6.07) is 5.71. The summed E-state index contributed by atoms with van der Waals surface area (Å²) in [5, 5.41) is 7.53. The number of benzene rings is 1. The lowest BCUT2D eigenvalue weighted by Crippen LogP contribution is -2.38. The first-order chi connectivity index (χ1) is 11.8. The fourth-order valence-corrected chi connectivity index (χ4v) is 3.12. The average Bonchev–Trinajstić information content (AvgIpc) is 2.60. The van der Waals surface area contributed by atoms with E-state index in [1.807, 2.05) is 0 Å². The molecule has 0 spiro atoms. The first kappa shape index (κ1) is 19.1. The molecule has 0 atom stereocenters. The van der Waals surface area contributed by atoms with Crippen molar-refractivity contribution < 1.29 is 18.0 Å². The summed E-state index contributed by atoms with van der Waals surface area (Å²) in [5.41, 5.74) is 0.817. The third kappa shape index (κ3) is 4.46. The lowest BCUT2D eigenvalue weighted by atomic mass is 9.86. The summed E-state index contributed by atoms with van der Waals surface area (Å²) in [6.45, 7) is 4.27. The molecule has 4 nitrogen and oxygen atoms in total. The van der Waals surface area contributed by atoms with Gasteiger partial charge >= 0.3 is 6.18 Å². The number of halogens is 3. The first-order valence-electron chi connectivity index (χ1n) is 8.18. The van der Waals surface area contributed by atoms with Gasteiger partial charge in [-0.2, -0.15) is 23.4 Å². The van der Waals surface area contributed by atoms with Crippen molar-refractivity contribution in [1.29, 1.82) is 0 Å². The summed E-state index contributed by atoms with van der Waals surface area (Å²) in [4.78, 5) is 14.1. The summed E-state index contributed by atoms with van der Waals surface area (Å²) in [6.07, 6.45) is -3.33. The van der Waals surface area contributed by atoms with Crippen LogP contribution in [0.2, 0.25) is 0 Å². The zero-order valence-electron chi connectivity index (χ0n) is 14.6. The second kappa shape index (κ2) is 7.80. The molecule has 0 aromatic heterocycles. The third-order valence-corrected chi connectivity index (χ3v) is 4.60. The highest BCUT2D eigenvalue weighted by molar-refractivity contribution is 5.93. The van der Waals surface area contributed by atoms with Gasteiger partial charge in [-0.25, -0.2) is 0 Å². The van der Waals surface area contributed by atoms with Crippen LogP contribution >= 0.6 is 0 Å². The van der Waals surface area contributed by atoms with Crippen LogP contribution in [0.15, 0.2) is 45.8 Å². The van der Waals surface area contributed by atoms with Crippen molar-refractivity contribution in [3.8, 4) is 0 Å². The second-order valence-corrected chi connectivity index (χ2v) is 6.16. The van der Waals surface area contributed by atoms with Gasteiger partial charge in [-0.1, -0.05) is 18.2 Å². The average molecular weight is 353 g/mol. The Morgan fingerprint density at radius 1 is 1.16 bits per heavy atom. The van der Waals surface area contributed by atoms with E-state index in [1.165, 1.54) is 13.1 Å². The molecule has 2 rings (SSSR count). The highest BCUT2D eigenvalue weighted by Gasteiger charge is 2.36. The molecule has 136 valence electrons. The molecule has 0 saturated carbocycles. The van der Waals surface area contributed by atoms with Gasteiger partial charge in [0, 0.05) is 25.7 Å². The van der Waals surface area contributed by atoms with Gasteiger partial charge in [-0.3, -0.25) is 4.79 Å². The largest absolute Gasteiger partial charge is 0.416 e. The highest BCUT2D eigenvalue weighted by atomic mass is 19.4. The Morgan fingerprint density at radius 3 is 2.32 bits per heavy atom. The molecule has 1 aliphatic rings. The van der Waals surface area contributed by atoms with Gasteiger partial charge in [0.25, 0.3) is 5.91 Å². The Hall–Kier alpha value is -2.18. The van der Waals surface area contributed by atoms with E-state index in [9.17, 15) is 18.0 Å². The fraction of sp³-hybridized carbons (Fsp3) is 0.500. The van der Waals surface area contributed by atoms with E-state index in [0.29, 0.717) is 42.8 Å². The van der Waals surface area contributed by atoms with Crippen LogP contribution in [0.5, 0.6) is 0 Å². The normalized spacial score (nSPS) is 17.8. The van der Waals surface area contributed by atoms with Crippen LogP contribution < -0.4 is 0 Å². The second-order valence-electron chi connectivity index (χ2n) is 6.16. The number of likely N-dealkylation sites (tertiary alicyclic amines) is 1. The van der Waals surface area contributed by atoms with Crippen LogP contribution in [0, 0.1) is 0 Å². The van der Waals surface area contributed by atoms with Gasteiger partial charge in [0.2, 0.25) is 0 Å². The number of hydrogen-bond acceptors (Lipinski definition) is 3. The van der Waals surface area contributed by atoms with Gasteiger partial charge in [0.1, 0.15) is 0 Å². The molecule has 1 aromatic rings. The molecule has 1 saturated heterocycles. The van der Waals surface area contributed by atoms with Crippen LogP contribution in [0.25, 0.3) is 0 Å². The monoisotopic (exact) mass is 353 g/mol. The van der Waals surface area contributed by atoms with Crippen molar-refractivity contribution in [1.82, 2.24) is 4.90 Å². The van der Waals surface area contributed by atoms with Crippen LogP contribution in [0.4, 0.5) is 13.2 Å². The molecular formula is C18H22F3N3O. The van der Waals surface area contributed by atoms with E-state index in [2.05, 4.69) is 10.2 Å². The molecule has 0 bridgehead atoms. The summed E-state index contributed by atoms with van der Waals surface area (Å²) < 4.78 is 39.6. The smallest absolute Gasteiger partial charge is 0.339 e. The number of amides is 1. The maximum atomic E-state index is 13.2. The molecule has 1 fully saturated rings. The predicted octanol–water partition coefficient (Wildman–Crippen LogP) is 4.79. The maximum absolute atomic E-state index is 13.2. The molecule has 0 aliphatic carbocycles. The van der Waals surface area contributed by atoms with Crippen LogP contribution in [0.3, 0.4) is 0 Å². The van der Waals surface area contributed by atoms with Gasteiger partial charge in [0.15, 0.2) is 0 Å². The van der Waals surface area contributed by atoms with Crippen molar-refractivity contribution in [2.75, 3.05) is 20.1 Å². The predicted molar refractivity (Wildman–Crippen MR) is 89.2 cm³/mol. The van der Waals surface area contributed by atoms with Crippen molar-refractivity contribution >= 4 is 5.91 Å². The van der Waals surface area contributed by atoms with Crippen LogP contribution in [-0.2, 0) is 11.0 Å². The number of carbonyl (C=O) groups excluding carboxylic acids is 1. The zero-order chi connectivity index (χ0) is 18.6. The quantitative estimate of drug-likeness (QED) is 0.569. The molecule has 7 heteroatoms. The summed E-state index contributed by atoms with van der Waals surface area (Å²) in [5.74, 6) is -0.324. The molecular weight excluding hydrogens is 331 g/mol. The minimum absolute atomic E-state index is 0.132. The van der Waals surface area contributed by atoms with Crippen molar-refractivity contribution in [2.24, 2.45) is 10.2 Å². The number of azo groups is 1. The van der Waals surface area contributed by atoms with E-state index in [4.69, 9.17) is 0 Å². The number of piperidine rings is 1. The number of nitrogens with zero attached hydrogens (tertiary/aromatic N) is 3. The lowest BCUT2D eigenvalue weighted by molar-refractivity contribution is -0.138. The Kier molecular flexibility index (Phi) is 5.98. The Labute approximate surface area is 145 Å². The van der Waals surface area contributed by atoms with Gasteiger partial charge in [-0.05, 0) is 44.2 Å². The van der Waals surface area contributed by atoms with E-state index in [1.54, 1.807) is 30.9 Å². The Morgan fingerprint density at radius 2 is 1.76 bits per heavy atom. The number of hydrogen-bond donors (Lipinski definition) is 0. The SMILES string of the molecule is C/N=N\C(C)=C(/C)C(=O)N1CCC(c2ccccc2C(F)(F)F)CC1. The van der Waals surface area contributed by atoms with Crippen molar-refractivity contribution in [3.05, 3.63) is 46.7 Å². The van der Waals surface area contributed by atoms with Crippen LogP contribution in [0.1, 0.15) is 43.7 Å². The summed E-state index contributed by atoms with van der Waals surface area (Å²) in [7, 11) is 1.53. The van der Waals surface area contributed by atoms with E-state index >= 15 is 0 Å². The standard InChI is InChI=1S/C18H22F3N3O/c1-12(13(2)23-22-3)17(25)24-10-8-14(9-11-24)15-6-4-5-7-16(15)18(19,20)21/h4-7,14H,8-11H2,1-3H3/b13-12+,23-22-. The van der Waals surface area contributed by atoms with E-state index in [0.717, 1.165) is 6.07 Å². The first-order valence-corrected chi connectivity index (χ1v) is 8.18. The number of alkyl halides is 3. The molecule has 1 aliphatic heterocycles. The number of allylic oxidation sites excluding steroid dienone is 1. The minimum atomic E-state index is -4.36. The van der Waals surface area contributed by atoms with E-state index in [-0.39, 0.29) is 11.8 Å². The fourth-order valence-electron chi connectivity index (χ4n) is 3.12. The van der Waals surface area contributed by atoms with Gasteiger partial charge < -0.3 is 4.90 Å². The topological polar surface area (TPSA) is 45.0 Å². The Bertz CT molecular complexity index is 687. The van der Waals surface area contributed by atoms with Gasteiger partial charge in [-0.15, -0.1) is 0 Å². The molecule has 0 N–H and O–H groups in total. The van der Waals surface area contributed by atoms with E-state index < -0.39 is 11.7 Å². The Balaban J connectivity index is 2.11. The number of carbonyl (C=O) groups is 1. The van der Waals surface area contributed by atoms with Crippen LogP contribution in [-0.4, -0.2) is 30.9 Å². The number of rotatable bonds is 3. The van der Waals surface area contributed by atoms with Crippen molar-refractivity contribution in [2.45, 2.75) is 38.8 Å².